The van der Waals surface area contributed by atoms with Crippen molar-refractivity contribution in [1.82, 2.24) is 24.1 Å². The van der Waals surface area contributed by atoms with E-state index in [0.717, 1.165) is 13.0 Å². The summed E-state index contributed by atoms with van der Waals surface area (Å²) in [7, 11) is -2.22. The first kappa shape index (κ1) is 16.7. The Hall–Kier alpha value is -2.20. The number of aryl methyl sites for hydroxylation is 3. The first-order valence-corrected chi connectivity index (χ1v) is 9.22. The maximum absolute atomic E-state index is 12.6. The molecule has 0 fully saturated rings. The van der Waals surface area contributed by atoms with Gasteiger partial charge in [0.1, 0.15) is 16.4 Å². The number of fused-ring (bicyclic) bond motifs is 1. The number of hydrogen-bond acceptors (Lipinski definition) is 5. The highest BCUT2D eigenvalue weighted by molar-refractivity contribution is 7.89. The average molecular weight is 352 g/mol. The molecule has 24 heavy (non-hydrogen) atoms. The number of rotatable bonds is 5. The predicted octanol–water partition coefficient (Wildman–Crippen LogP) is 0.0913. The van der Waals surface area contributed by atoms with E-state index >= 15 is 0 Å². The van der Waals surface area contributed by atoms with Crippen LogP contribution in [0.15, 0.2) is 17.2 Å². The molecule has 10 heteroatoms. The topological polar surface area (TPSA) is 125 Å². The van der Waals surface area contributed by atoms with Crippen molar-refractivity contribution in [2.45, 2.75) is 43.7 Å². The van der Waals surface area contributed by atoms with Crippen molar-refractivity contribution in [2.75, 3.05) is 0 Å². The second kappa shape index (κ2) is 6.02. The molecule has 0 spiro atoms. The molecule has 0 bridgehead atoms. The van der Waals surface area contributed by atoms with Crippen LogP contribution in [-0.4, -0.2) is 33.7 Å². The summed E-state index contributed by atoms with van der Waals surface area (Å²) in [6.45, 7) is 2.69. The van der Waals surface area contributed by atoms with E-state index in [1.54, 1.807) is 11.7 Å². The molecule has 0 aliphatic carbocycles. The van der Waals surface area contributed by atoms with Crippen LogP contribution in [0.25, 0.3) is 0 Å². The summed E-state index contributed by atoms with van der Waals surface area (Å²) in [6.07, 6.45) is 3.53. The molecule has 3 heterocycles. The van der Waals surface area contributed by atoms with Gasteiger partial charge >= 0.3 is 0 Å². The number of sulfonamides is 1. The van der Waals surface area contributed by atoms with E-state index < -0.39 is 22.0 Å². The molecular formula is C14H20N6O3S. The number of aromatic nitrogens is 4. The van der Waals surface area contributed by atoms with E-state index in [2.05, 4.69) is 14.8 Å². The normalized spacial score (nSPS) is 17.7. The number of primary amides is 1. The fraction of sp³-hybridized carbons (Fsp3) is 0.500. The van der Waals surface area contributed by atoms with Crippen LogP contribution in [0.2, 0.25) is 0 Å². The molecule has 2 aromatic rings. The van der Waals surface area contributed by atoms with Gasteiger partial charge in [-0.3, -0.25) is 4.79 Å². The van der Waals surface area contributed by atoms with Crippen LogP contribution in [-0.2, 0) is 30.0 Å². The third kappa shape index (κ3) is 2.94. The lowest BCUT2D eigenvalue weighted by Crippen LogP contribution is -2.33. The quantitative estimate of drug-likeness (QED) is 0.789. The molecule has 1 atom stereocenters. The Morgan fingerprint density at radius 3 is 2.88 bits per heavy atom. The Kier molecular flexibility index (Phi) is 4.18. The lowest BCUT2D eigenvalue weighted by molar-refractivity contribution is 0.0992. The highest BCUT2D eigenvalue weighted by atomic mass is 32.2. The van der Waals surface area contributed by atoms with Gasteiger partial charge in [-0.15, -0.1) is 0 Å². The minimum absolute atomic E-state index is 0.00570. The van der Waals surface area contributed by atoms with Crippen molar-refractivity contribution >= 4 is 15.9 Å². The molecule has 0 radical (unpaired) electrons. The molecule has 0 saturated heterocycles. The zero-order valence-corrected chi connectivity index (χ0v) is 14.4. The second-order valence-corrected chi connectivity index (χ2v) is 7.53. The second-order valence-electron chi connectivity index (χ2n) is 5.82. The van der Waals surface area contributed by atoms with Crippen molar-refractivity contribution in [3.05, 3.63) is 29.6 Å². The third-order valence-corrected chi connectivity index (χ3v) is 5.51. The largest absolute Gasteiger partial charge is 0.364 e. The summed E-state index contributed by atoms with van der Waals surface area (Å²) in [5, 5.41) is 4.37. The smallest absolute Gasteiger partial charge is 0.265 e. The lowest BCUT2D eigenvalue weighted by Gasteiger charge is -2.22. The van der Waals surface area contributed by atoms with Gasteiger partial charge in [-0.05, 0) is 18.9 Å². The molecule has 1 amide bonds. The van der Waals surface area contributed by atoms with Gasteiger partial charge in [0.25, 0.3) is 5.91 Å². The van der Waals surface area contributed by atoms with Crippen molar-refractivity contribution in [1.29, 1.82) is 0 Å². The Balaban J connectivity index is 1.89. The maximum Gasteiger partial charge on any atom is 0.265 e. The SMILES string of the molecule is CCc1nc2n(n1)CCC[C@@H]2NS(=O)(=O)c1cc(C(N)=O)n(C)c1. The van der Waals surface area contributed by atoms with Gasteiger partial charge < -0.3 is 10.3 Å². The molecule has 0 aromatic carbocycles. The van der Waals surface area contributed by atoms with Crippen LogP contribution in [0.5, 0.6) is 0 Å². The van der Waals surface area contributed by atoms with Gasteiger partial charge in [-0.1, -0.05) is 6.92 Å². The number of amides is 1. The Morgan fingerprint density at radius 1 is 1.50 bits per heavy atom. The average Bonchev–Trinajstić information content (AvgIpc) is 3.11. The van der Waals surface area contributed by atoms with Gasteiger partial charge in [0.15, 0.2) is 5.82 Å². The highest BCUT2D eigenvalue weighted by Gasteiger charge is 2.29. The molecule has 0 unspecified atom stereocenters. The predicted molar refractivity (Wildman–Crippen MR) is 85.6 cm³/mol. The number of nitrogens with one attached hydrogen (secondary N) is 1. The third-order valence-electron chi connectivity index (χ3n) is 4.07. The molecule has 9 nitrogen and oxygen atoms in total. The van der Waals surface area contributed by atoms with E-state index in [1.807, 2.05) is 6.92 Å². The Morgan fingerprint density at radius 2 is 2.25 bits per heavy atom. The fourth-order valence-electron chi connectivity index (χ4n) is 2.84. The lowest BCUT2D eigenvalue weighted by atomic mass is 10.1. The van der Waals surface area contributed by atoms with Crippen molar-refractivity contribution in [3.8, 4) is 0 Å². The maximum atomic E-state index is 12.6. The summed E-state index contributed by atoms with van der Waals surface area (Å²) >= 11 is 0. The van der Waals surface area contributed by atoms with E-state index in [4.69, 9.17) is 5.73 Å². The van der Waals surface area contributed by atoms with Gasteiger partial charge in [0, 0.05) is 26.2 Å². The van der Waals surface area contributed by atoms with E-state index in [-0.39, 0.29) is 10.6 Å². The van der Waals surface area contributed by atoms with Crippen LogP contribution in [0.4, 0.5) is 0 Å². The van der Waals surface area contributed by atoms with Crippen LogP contribution >= 0.6 is 0 Å². The number of hydrogen-bond donors (Lipinski definition) is 2. The molecule has 3 N–H and O–H groups in total. The van der Waals surface area contributed by atoms with Crippen LogP contribution in [0.3, 0.4) is 0 Å². The molecule has 130 valence electrons. The summed E-state index contributed by atoms with van der Waals surface area (Å²) in [5.41, 5.74) is 5.37. The zero-order chi connectivity index (χ0) is 17.5. The van der Waals surface area contributed by atoms with Gasteiger partial charge in [-0.25, -0.2) is 22.8 Å². The van der Waals surface area contributed by atoms with Crippen molar-refractivity contribution in [3.63, 3.8) is 0 Å². The van der Waals surface area contributed by atoms with E-state index in [9.17, 15) is 13.2 Å². The summed E-state index contributed by atoms with van der Waals surface area (Å²) in [6, 6.07) is 0.837. The molecule has 1 aliphatic rings. The monoisotopic (exact) mass is 352 g/mol. The molecular weight excluding hydrogens is 332 g/mol. The minimum atomic E-state index is -3.79. The van der Waals surface area contributed by atoms with Crippen molar-refractivity contribution < 1.29 is 13.2 Å². The number of carbonyl (C=O) groups is 1. The van der Waals surface area contributed by atoms with Gasteiger partial charge in [0.2, 0.25) is 10.0 Å². The Bertz CT molecular complexity index is 882. The molecule has 3 rings (SSSR count). The summed E-state index contributed by atoms with van der Waals surface area (Å²) < 4.78 is 31.1. The van der Waals surface area contributed by atoms with Crippen LogP contribution in [0.1, 0.15) is 47.9 Å². The molecule has 2 aromatic heterocycles. The summed E-state index contributed by atoms with van der Waals surface area (Å²) in [4.78, 5) is 15.7. The van der Waals surface area contributed by atoms with Crippen LogP contribution in [0, 0.1) is 0 Å². The fourth-order valence-corrected chi connectivity index (χ4v) is 4.14. The number of carbonyl (C=O) groups excluding carboxylic acids is 1. The first-order valence-electron chi connectivity index (χ1n) is 7.74. The van der Waals surface area contributed by atoms with Crippen molar-refractivity contribution in [2.24, 2.45) is 12.8 Å². The van der Waals surface area contributed by atoms with Gasteiger partial charge in [0.05, 0.1) is 6.04 Å². The summed E-state index contributed by atoms with van der Waals surface area (Å²) in [5.74, 6) is 0.656. The zero-order valence-electron chi connectivity index (χ0n) is 13.6. The van der Waals surface area contributed by atoms with Crippen LogP contribution < -0.4 is 10.5 Å². The minimum Gasteiger partial charge on any atom is -0.364 e. The Labute approximate surface area is 139 Å². The highest BCUT2D eigenvalue weighted by Crippen LogP contribution is 2.26. The van der Waals surface area contributed by atoms with Gasteiger partial charge in [-0.2, -0.15) is 5.10 Å². The number of nitrogens with two attached hydrogens (primary N) is 1. The first-order chi connectivity index (χ1) is 11.3. The standard InChI is InChI=1S/C14H20N6O3S/c1-3-12-16-14-10(5-4-6-20(14)17-12)18-24(22,23)9-7-11(13(15)21)19(2)8-9/h7-8,10,18H,3-6H2,1-2H3,(H2,15,21)/t10-/m0/s1. The molecule has 1 aliphatic heterocycles. The number of nitrogens with zero attached hydrogens (tertiary/aromatic N) is 4. The van der Waals surface area contributed by atoms with E-state index in [1.165, 1.54) is 16.8 Å². The molecule has 0 saturated carbocycles. The van der Waals surface area contributed by atoms with E-state index in [0.29, 0.717) is 24.5 Å².